The van der Waals surface area contributed by atoms with Crippen LogP contribution in [0.4, 0.5) is 0 Å². The maximum Gasteiger partial charge on any atom is 0.235 e. The first-order valence-electron chi connectivity index (χ1n) is 9.09. The van der Waals surface area contributed by atoms with Gasteiger partial charge in [-0.1, -0.05) is 0 Å². The van der Waals surface area contributed by atoms with Crippen molar-refractivity contribution < 1.29 is 19.1 Å². The summed E-state index contributed by atoms with van der Waals surface area (Å²) in [5, 5.41) is 6.37. The lowest BCUT2D eigenvalue weighted by Crippen LogP contribution is -2.52. The van der Waals surface area contributed by atoms with E-state index < -0.39 is 0 Å². The van der Waals surface area contributed by atoms with E-state index in [4.69, 9.17) is 4.74 Å². The zero-order chi connectivity index (χ0) is 16.8. The van der Waals surface area contributed by atoms with Gasteiger partial charge in [0.2, 0.25) is 17.7 Å². The van der Waals surface area contributed by atoms with Crippen molar-refractivity contribution in [1.82, 2.24) is 15.5 Å². The molecule has 0 aromatic heterocycles. The molecule has 8 heteroatoms. The molecule has 7 nitrogen and oxygen atoms in total. The Labute approximate surface area is 153 Å². The lowest BCUT2D eigenvalue weighted by Gasteiger charge is -2.30. The number of carbonyl (C=O) groups is 3. The predicted molar refractivity (Wildman–Crippen MR) is 92.1 cm³/mol. The highest BCUT2D eigenvalue weighted by atomic mass is 35.5. The Morgan fingerprint density at radius 3 is 2.44 bits per heavy atom. The molecule has 6 atom stereocenters. The quantitative estimate of drug-likeness (QED) is 0.690. The van der Waals surface area contributed by atoms with Gasteiger partial charge in [-0.25, -0.2) is 0 Å². The number of hydrogen-bond acceptors (Lipinski definition) is 5. The molecule has 0 aromatic rings. The summed E-state index contributed by atoms with van der Waals surface area (Å²) < 4.78 is 5.71. The Bertz CT molecular complexity index is 544. The first kappa shape index (κ1) is 18.6. The van der Waals surface area contributed by atoms with Crippen molar-refractivity contribution in [2.75, 3.05) is 13.1 Å². The highest BCUT2D eigenvalue weighted by Crippen LogP contribution is 2.48. The second-order valence-corrected chi connectivity index (χ2v) is 7.48. The normalized spacial score (nSPS) is 39.3. The fraction of sp³-hybridized carbons (Fsp3) is 0.824. The van der Waals surface area contributed by atoms with Crippen LogP contribution in [0.2, 0.25) is 0 Å². The van der Waals surface area contributed by atoms with Gasteiger partial charge in [-0.05, 0) is 39.2 Å². The van der Waals surface area contributed by atoms with E-state index in [1.54, 1.807) is 0 Å². The topological polar surface area (TPSA) is 87.7 Å². The molecule has 4 aliphatic rings. The van der Waals surface area contributed by atoms with Crippen LogP contribution in [0.5, 0.6) is 0 Å². The molecule has 6 unspecified atom stereocenters. The molecule has 4 aliphatic heterocycles. The molecule has 2 bridgehead atoms. The van der Waals surface area contributed by atoms with Gasteiger partial charge in [0.05, 0.1) is 24.0 Å². The molecule has 0 aliphatic carbocycles. The summed E-state index contributed by atoms with van der Waals surface area (Å²) in [4.78, 5) is 38.5. The number of ether oxygens (including phenoxy) is 1. The average molecular weight is 372 g/mol. The van der Waals surface area contributed by atoms with Gasteiger partial charge in [0.15, 0.2) is 0 Å². The van der Waals surface area contributed by atoms with Crippen LogP contribution in [-0.4, -0.2) is 60.0 Å². The van der Waals surface area contributed by atoms with E-state index in [0.717, 1.165) is 32.2 Å². The lowest BCUT2D eigenvalue weighted by molar-refractivity contribution is -0.142. The van der Waals surface area contributed by atoms with Crippen LogP contribution in [0.3, 0.4) is 0 Å². The molecule has 4 heterocycles. The summed E-state index contributed by atoms with van der Waals surface area (Å²) in [5.41, 5.74) is 0. The smallest absolute Gasteiger partial charge is 0.235 e. The van der Waals surface area contributed by atoms with E-state index in [0.29, 0.717) is 0 Å². The number of nitrogens with one attached hydrogen (secondary N) is 2. The monoisotopic (exact) mass is 371 g/mol. The summed E-state index contributed by atoms with van der Waals surface area (Å²) in [6.45, 7) is 3.23. The molecule has 3 amide bonds. The number of imide groups is 1. The number of rotatable bonds is 4. The minimum absolute atomic E-state index is 0. The van der Waals surface area contributed by atoms with Crippen LogP contribution in [0.1, 0.15) is 39.0 Å². The molecule has 0 saturated carbocycles. The predicted octanol–water partition coefficient (Wildman–Crippen LogP) is 0.217. The largest absolute Gasteiger partial charge is 0.373 e. The third kappa shape index (κ3) is 3.17. The fourth-order valence-corrected chi connectivity index (χ4v) is 4.73. The molecule has 25 heavy (non-hydrogen) atoms. The summed E-state index contributed by atoms with van der Waals surface area (Å²) in [7, 11) is 0. The molecule has 4 fully saturated rings. The fourth-order valence-electron chi connectivity index (χ4n) is 4.73. The number of hydrogen-bond donors (Lipinski definition) is 2. The number of likely N-dealkylation sites (tertiary alicyclic amines) is 1. The van der Waals surface area contributed by atoms with Crippen molar-refractivity contribution in [3.63, 3.8) is 0 Å². The van der Waals surface area contributed by atoms with Crippen molar-refractivity contribution >= 4 is 30.1 Å². The van der Waals surface area contributed by atoms with Crippen LogP contribution in [0.25, 0.3) is 0 Å². The van der Waals surface area contributed by atoms with E-state index in [1.807, 2.05) is 0 Å². The summed E-state index contributed by atoms with van der Waals surface area (Å²) in [6.07, 6.45) is 3.74. The third-order valence-electron chi connectivity index (χ3n) is 6.05. The second-order valence-electron chi connectivity index (χ2n) is 7.48. The van der Waals surface area contributed by atoms with Crippen molar-refractivity contribution in [2.24, 2.45) is 11.8 Å². The molecule has 0 spiro atoms. The highest BCUT2D eigenvalue weighted by Gasteiger charge is 2.62. The molecular weight excluding hydrogens is 346 g/mol. The van der Waals surface area contributed by atoms with Crippen LogP contribution in [0.15, 0.2) is 0 Å². The Hall–Kier alpha value is -1.18. The first-order chi connectivity index (χ1) is 11.6. The standard InChI is InChI=1S/C17H25N3O4.ClH/c1-9-10(3-2-7-18-9)19-13(21)6-8-20-16(22)14-11-4-5-12(24-11)15(14)17(20)23;/h9-12,14-15,18H,2-8H2,1H3,(H,19,21);1H. The van der Waals surface area contributed by atoms with E-state index in [2.05, 4.69) is 17.6 Å². The Morgan fingerprint density at radius 2 is 1.84 bits per heavy atom. The number of carbonyl (C=O) groups excluding carboxylic acids is 3. The average Bonchev–Trinajstić information content (AvgIpc) is 3.23. The molecule has 2 N–H and O–H groups in total. The van der Waals surface area contributed by atoms with E-state index >= 15 is 0 Å². The molecular formula is C17H26ClN3O4. The minimum atomic E-state index is -0.304. The number of halogens is 1. The zero-order valence-corrected chi connectivity index (χ0v) is 15.2. The molecule has 140 valence electrons. The van der Waals surface area contributed by atoms with E-state index in [1.165, 1.54) is 4.90 Å². The highest BCUT2D eigenvalue weighted by molar-refractivity contribution is 6.06. The van der Waals surface area contributed by atoms with Gasteiger partial charge in [0.1, 0.15) is 0 Å². The summed E-state index contributed by atoms with van der Waals surface area (Å²) in [5.74, 6) is -0.980. The van der Waals surface area contributed by atoms with Crippen molar-refractivity contribution in [2.45, 2.75) is 63.3 Å². The number of fused-ring (bicyclic) bond motifs is 5. The third-order valence-corrected chi connectivity index (χ3v) is 6.05. The lowest BCUT2D eigenvalue weighted by atomic mass is 9.81. The molecule has 4 saturated heterocycles. The summed E-state index contributed by atoms with van der Waals surface area (Å²) >= 11 is 0. The van der Waals surface area contributed by atoms with Crippen LogP contribution in [0, 0.1) is 11.8 Å². The molecule has 0 aromatic carbocycles. The molecule has 0 radical (unpaired) electrons. The Balaban J connectivity index is 0.00000182. The minimum Gasteiger partial charge on any atom is -0.373 e. The van der Waals surface area contributed by atoms with Gasteiger partial charge in [-0.3, -0.25) is 19.3 Å². The van der Waals surface area contributed by atoms with Gasteiger partial charge in [0.25, 0.3) is 0 Å². The second kappa shape index (κ2) is 7.21. The van der Waals surface area contributed by atoms with Gasteiger partial charge in [0, 0.05) is 25.0 Å². The van der Waals surface area contributed by atoms with Crippen molar-refractivity contribution in [1.29, 1.82) is 0 Å². The Morgan fingerprint density at radius 1 is 1.20 bits per heavy atom. The Kier molecular flexibility index (Phi) is 5.37. The maximum absolute atomic E-state index is 12.5. The SMILES string of the molecule is CC1NCCCC1NC(=O)CCN1C(=O)C2C3CCC(O3)C2C1=O.Cl. The number of piperidine rings is 1. The van der Waals surface area contributed by atoms with E-state index in [-0.39, 0.29) is 79.2 Å². The van der Waals surface area contributed by atoms with Gasteiger partial charge < -0.3 is 15.4 Å². The van der Waals surface area contributed by atoms with E-state index in [9.17, 15) is 14.4 Å². The zero-order valence-electron chi connectivity index (χ0n) is 14.4. The summed E-state index contributed by atoms with van der Waals surface area (Å²) in [6, 6.07) is 0.379. The van der Waals surface area contributed by atoms with Crippen LogP contribution < -0.4 is 10.6 Å². The molecule has 4 rings (SSSR count). The van der Waals surface area contributed by atoms with Gasteiger partial charge >= 0.3 is 0 Å². The van der Waals surface area contributed by atoms with Crippen molar-refractivity contribution in [3.05, 3.63) is 0 Å². The maximum atomic E-state index is 12.5. The van der Waals surface area contributed by atoms with Gasteiger partial charge in [-0.2, -0.15) is 0 Å². The van der Waals surface area contributed by atoms with Crippen molar-refractivity contribution in [3.8, 4) is 0 Å². The number of nitrogens with zero attached hydrogens (tertiary/aromatic N) is 1. The number of amides is 3. The van der Waals surface area contributed by atoms with Crippen LogP contribution >= 0.6 is 12.4 Å². The first-order valence-corrected chi connectivity index (χ1v) is 9.09. The van der Waals surface area contributed by atoms with Gasteiger partial charge in [-0.15, -0.1) is 12.4 Å². The van der Waals surface area contributed by atoms with Crippen LogP contribution in [-0.2, 0) is 19.1 Å².